The fourth-order valence-electron chi connectivity index (χ4n) is 7.71. The molecule has 16 heteroatoms. The van der Waals surface area contributed by atoms with Crippen LogP contribution < -0.4 is 15.4 Å². The second-order valence-corrected chi connectivity index (χ2v) is 17.9. The molecule has 1 aliphatic carbocycles. The summed E-state index contributed by atoms with van der Waals surface area (Å²) in [5.41, 5.74) is -0.418. The zero-order chi connectivity index (χ0) is 39.6. The second-order valence-electron chi connectivity index (χ2n) is 16.4. The van der Waals surface area contributed by atoms with Crippen molar-refractivity contribution < 1.29 is 41.9 Å². The van der Waals surface area contributed by atoms with Crippen molar-refractivity contribution in [2.24, 2.45) is 5.92 Å². The number of carbonyl (C=O) groups excluding carboxylic acids is 5. The average molecular weight is 773 g/mol. The van der Waals surface area contributed by atoms with Gasteiger partial charge in [0.25, 0.3) is 5.91 Å². The van der Waals surface area contributed by atoms with E-state index in [1.807, 2.05) is 36.4 Å². The van der Waals surface area contributed by atoms with Gasteiger partial charge in [-0.25, -0.2) is 14.3 Å². The second kappa shape index (κ2) is 16.3. The van der Waals surface area contributed by atoms with E-state index in [0.29, 0.717) is 25.9 Å². The molecular formula is C38H56N6O9S. The Hall–Kier alpha value is -4.18. The normalized spacial score (nSPS) is 26.9. The fourth-order valence-corrected chi connectivity index (χ4v) is 9.34. The molecule has 5 atom stereocenters. The zero-order valence-corrected chi connectivity index (χ0v) is 33.2. The van der Waals surface area contributed by atoms with Crippen LogP contribution in [0.2, 0.25) is 0 Å². The van der Waals surface area contributed by atoms with Gasteiger partial charge in [0.2, 0.25) is 11.8 Å². The van der Waals surface area contributed by atoms with E-state index in [0.717, 1.165) is 24.0 Å². The molecular weight excluding hydrogens is 717 g/mol. The van der Waals surface area contributed by atoms with Gasteiger partial charge in [-0.15, -0.1) is 0 Å². The number of amides is 5. The maximum absolute atomic E-state index is 14.4. The number of carbonyl (C=O) groups is 5. The van der Waals surface area contributed by atoms with E-state index in [2.05, 4.69) is 15.4 Å². The predicted octanol–water partition coefficient (Wildman–Crippen LogP) is 3.88. The molecule has 54 heavy (non-hydrogen) atoms. The van der Waals surface area contributed by atoms with Gasteiger partial charge in [0.1, 0.15) is 29.3 Å². The van der Waals surface area contributed by atoms with Gasteiger partial charge in [0.15, 0.2) is 0 Å². The van der Waals surface area contributed by atoms with Crippen LogP contribution in [0.3, 0.4) is 0 Å². The third-order valence-corrected chi connectivity index (χ3v) is 12.1. The lowest BCUT2D eigenvalue weighted by molar-refractivity contribution is -0.141. The summed E-state index contributed by atoms with van der Waals surface area (Å²) in [7, 11) is -4.29. The molecule has 15 nitrogen and oxygen atoms in total. The summed E-state index contributed by atoms with van der Waals surface area (Å²) in [6.45, 7) is 12.5. The summed E-state index contributed by atoms with van der Waals surface area (Å²) in [6.07, 6.45) is 4.60. The number of hydrogen-bond acceptors (Lipinski definition) is 9. The standard InChI is InChI=1S/C38H56N6O9S/c1-24(2)44(25(3)4)54(50,51)41-34(47)38-20-28(38)17-11-9-8-10-12-18-30(39-35(48)53-37(5,6)7)33(46)43-23-29(19-31(43)32(45)40-38)52-36(49)42-21-26-15-13-14-16-27(26)22-42/h11,13-17,24-25,28-31H,8-10,12,18-23H2,1-7H3,(H,39,48)(H,40,45)(H,41,47)/b17-11+/t28-,29-,30+,31+,38-/m1/s1. The van der Waals surface area contributed by atoms with Gasteiger partial charge < -0.3 is 25.0 Å². The SMILES string of the molecule is CC(C)N(C(C)C)S(=O)(=O)NC(=O)[C@@]12C[C@H]1/C=C/CCCCC[C@H](NC(=O)OC(C)(C)C)C(=O)N1C[C@H](OC(=O)N3Cc4ccccc4C3)C[C@H]1C(=O)N2. The molecule has 2 fully saturated rings. The zero-order valence-electron chi connectivity index (χ0n) is 32.4. The van der Waals surface area contributed by atoms with E-state index in [4.69, 9.17) is 9.47 Å². The minimum Gasteiger partial charge on any atom is -0.444 e. The summed E-state index contributed by atoms with van der Waals surface area (Å²) >= 11 is 0. The molecule has 0 aromatic heterocycles. The number of benzene rings is 1. The minimum absolute atomic E-state index is 0.0752. The van der Waals surface area contributed by atoms with Crippen LogP contribution in [0.15, 0.2) is 36.4 Å². The molecule has 3 heterocycles. The van der Waals surface area contributed by atoms with E-state index in [9.17, 15) is 32.4 Å². The highest BCUT2D eigenvalue weighted by atomic mass is 32.2. The number of hydrogen-bond donors (Lipinski definition) is 3. The maximum Gasteiger partial charge on any atom is 0.410 e. The van der Waals surface area contributed by atoms with E-state index < -0.39 is 87.4 Å². The van der Waals surface area contributed by atoms with Gasteiger partial charge in [-0.3, -0.25) is 19.3 Å². The average Bonchev–Trinajstić information content (AvgIpc) is 3.36. The molecule has 1 aromatic rings. The Labute approximate surface area is 318 Å². The van der Waals surface area contributed by atoms with Crippen LogP contribution >= 0.6 is 0 Å². The molecule has 1 saturated heterocycles. The number of ether oxygens (including phenoxy) is 2. The van der Waals surface area contributed by atoms with Crippen molar-refractivity contribution in [3.63, 3.8) is 0 Å². The molecule has 3 N–H and O–H groups in total. The van der Waals surface area contributed by atoms with Crippen LogP contribution in [-0.2, 0) is 47.2 Å². The summed E-state index contributed by atoms with van der Waals surface area (Å²) in [4.78, 5) is 71.9. The highest BCUT2D eigenvalue weighted by Crippen LogP contribution is 2.46. The van der Waals surface area contributed by atoms with Crippen molar-refractivity contribution in [3.8, 4) is 0 Å². The van der Waals surface area contributed by atoms with Crippen molar-refractivity contribution in [2.45, 2.75) is 148 Å². The Balaban J connectivity index is 1.42. The van der Waals surface area contributed by atoms with Crippen LogP contribution in [0.5, 0.6) is 0 Å². The van der Waals surface area contributed by atoms with Crippen molar-refractivity contribution >= 4 is 40.1 Å². The Kier molecular flexibility index (Phi) is 12.4. The summed E-state index contributed by atoms with van der Waals surface area (Å²) < 4.78 is 41.8. The van der Waals surface area contributed by atoms with Gasteiger partial charge in [0.05, 0.1) is 6.54 Å². The fraction of sp³-hybridized carbons (Fsp3) is 0.658. The Morgan fingerprint density at radius 3 is 2.26 bits per heavy atom. The molecule has 5 rings (SSSR count). The smallest absolute Gasteiger partial charge is 0.410 e. The molecule has 0 bridgehead atoms. The maximum atomic E-state index is 14.4. The van der Waals surface area contributed by atoms with Gasteiger partial charge >= 0.3 is 22.4 Å². The lowest BCUT2D eigenvalue weighted by Gasteiger charge is -2.31. The Bertz CT molecular complexity index is 1710. The van der Waals surface area contributed by atoms with Crippen molar-refractivity contribution in [1.82, 2.24) is 29.5 Å². The van der Waals surface area contributed by atoms with E-state index in [1.165, 1.54) is 9.21 Å². The third kappa shape index (κ3) is 9.54. The van der Waals surface area contributed by atoms with Gasteiger partial charge in [0, 0.05) is 37.5 Å². The molecule has 0 radical (unpaired) electrons. The Morgan fingerprint density at radius 2 is 1.65 bits per heavy atom. The highest BCUT2D eigenvalue weighted by molar-refractivity contribution is 7.87. The number of nitrogens with zero attached hydrogens (tertiary/aromatic N) is 3. The monoisotopic (exact) mass is 772 g/mol. The van der Waals surface area contributed by atoms with Crippen LogP contribution in [0.25, 0.3) is 0 Å². The Morgan fingerprint density at radius 1 is 1.00 bits per heavy atom. The van der Waals surface area contributed by atoms with Crippen LogP contribution in [0.4, 0.5) is 9.59 Å². The molecule has 1 aromatic carbocycles. The molecule has 4 aliphatic rings. The van der Waals surface area contributed by atoms with E-state index >= 15 is 0 Å². The van der Waals surface area contributed by atoms with Gasteiger partial charge in [-0.2, -0.15) is 12.7 Å². The highest BCUT2D eigenvalue weighted by Gasteiger charge is 2.62. The molecule has 298 valence electrons. The largest absolute Gasteiger partial charge is 0.444 e. The number of fused-ring (bicyclic) bond motifs is 3. The molecule has 0 spiro atoms. The summed E-state index contributed by atoms with van der Waals surface area (Å²) in [5.74, 6) is -2.63. The molecule has 3 aliphatic heterocycles. The predicted molar refractivity (Wildman–Crippen MR) is 200 cm³/mol. The summed E-state index contributed by atoms with van der Waals surface area (Å²) in [6, 6.07) is 4.54. The molecule has 1 saturated carbocycles. The number of allylic oxidation sites excluding steroid dienone is 1. The quantitative estimate of drug-likeness (QED) is 0.347. The molecule has 0 unspecified atom stereocenters. The first-order valence-electron chi connectivity index (χ1n) is 19.0. The first kappa shape index (κ1) is 41.0. The lowest BCUT2D eigenvalue weighted by Crippen LogP contribution is -2.59. The van der Waals surface area contributed by atoms with Gasteiger partial charge in [-0.05, 0) is 85.3 Å². The van der Waals surface area contributed by atoms with Crippen LogP contribution in [0, 0.1) is 5.92 Å². The minimum atomic E-state index is -4.29. The first-order chi connectivity index (χ1) is 25.3. The van der Waals surface area contributed by atoms with Crippen LogP contribution in [0.1, 0.15) is 105 Å². The first-order valence-corrected chi connectivity index (χ1v) is 20.4. The summed E-state index contributed by atoms with van der Waals surface area (Å²) in [5, 5.41) is 5.54. The number of alkyl carbamates (subject to hydrolysis) is 1. The van der Waals surface area contributed by atoms with Crippen LogP contribution in [-0.4, -0.2) is 100 Å². The molecule has 5 amide bonds. The lowest BCUT2D eigenvalue weighted by atomic mass is 10.0. The van der Waals surface area contributed by atoms with Gasteiger partial charge in [-0.1, -0.05) is 49.3 Å². The van der Waals surface area contributed by atoms with E-state index in [-0.39, 0.29) is 25.8 Å². The van der Waals surface area contributed by atoms with Crippen molar-refractivity contribution in [1.29, 1.82) is 0 Å². The van der Waals surface area contributed by atoms with Crippen molar-refractivity contribution in [3.05, 3.63) is 47.5 Å². The topological polar surface area (TPSA) is 184 Å². The van der Waals surface area contributed by atoms with Crippen molar-refractivity contribution in [2.75, 3.05) is 6.54 Å². The number of rotatable bonds is 7. The third-order valence-electron chi connectivity index (χ3n) is 10.2. The van der Waals surface area contributed by atoms with E-state index in [1.54, 1.807) is 53.4 Å². The number of nitrogens with one attached hydrogen (secondary N) is 3.